The van der Waals surface area contributed by atoms with Crippen molar-refractivity contribution in [3.8, 4) is 0 Å². The Balaban J connectivity index is 1.40. The molecule has 1 saturated carbocycles. The number of hydrogen-bond acceptors (Lipinski definition) is 6. The van der Waals surface area contributed by atoms with E-state index in [1.54, 1.807) is 4.57 Å². The number of carbonyl (C=O) groups excluding carboxylic acids is 1. The average Bonchev–Trinajstić information content (AvgIpc) is 3.51. The maximum atomic E-state index is 13.6. The van der Waals surface area contributed by atoms with E-state index in [0.29, 0.717) is 28.7 Å². The van der Waals surface area contributed by atoms with Gasteiger partial charge >= 0.3 is 0 Å². The van der Waals surface area contributed by atoms with Gasteiger partial charge < -0.3 is 14.4 Å². The number of rotatable bonds is 6. The summed E-state index contributed by atoms with van der Waals surface area (Å²) in [6.07, 6.45) is 3.63. The molecule has 0 bridgehead atoms. The van der Waals surface area contributed by atoms with Crippen LogP contribution in [0.3, 0.4) is 0 Å². The summed E-state index contributed by atoms with van der Waals surface area (Å²) < 4.78 is 8.52. The highest BCUT2D eigenvalue weighted by atomic mass is 16.5. The molecular weight excluding hydrogens is 432 g/mol. The largest absolute Gasteiger partial charge is 0.337 e. The third kappa shape index (κ3) is 3.55. The summed E-state index contributed by atoms with van der Waals surface area (Å²) in [5.74, 6) is 1.20. The van der Waals surface area contributed by atoms with Gasteiger partial charge in [0.2, 0.25) is 11.8 Å². The highest BCUT2D eigenvalue weighted by molar-refractivity contribution is 6.06. The standard InChI is InChI=1S/C25H22N6O3/c1-15-6-2-4-8-18(15)27-20(32)12-31-19-9-5-3-7-17(19)22-23(31)25(33)30(14-26-22)13-21-28-24(29-34-21)16-10-11-16/h2-9,14,16H,10-13H2,1H3,(H,27,32). The van der Waals surface area contributed by atoms with E-state index in [9.17, 15) is 9.59 Å². The number of amides is 1. The molecule has 0 saturated heterocycles. The fourth-order valence-corrected chi connectivity index (χ4v) is 4.26. The zero-order valence-corrected chi connectivity index (χ0v) is 18.6. The van der Waals surface area contributed by atoms with Crippen molar-refractivity contribution in [1.29, 1.82) is 0 Å². The number of carbonyl (C=O) groups is 1. The Morgan fingerprint density at radius 3 is 2.76 bits per heavy atom. The van der Waals surface area contributed by atoms with E-state index in [4.69, 9.17) is 4.52 Å². The smallest absolute Gasteiger partial charge is 0.278 e. The lowest BCUT2D eigenvalue weighted by atomic mass is 10.2. The van der Waals surface area contributed by atoms with E-state index in [1.807, 2.05) is 55.5 Å². The van der Waals surface area contributed by atoms with Crippen molar-refractivity contribution in [3.05, 3.63) is 82.5 Å². The summed E-state index contributed by atoms with van der Waals surface area (Å²) >= 11 is 0. The summed E-state index contributed by atoms with van der Waals surface area (Å²) in [6, 6.07) is 15.2. The lowest BCUT2D eigenvalue weighted by molar-refractivity contribution is -0.116. The minimum absolute atomic E-state index is 0.0222. The lowest BCUT2D eigenvalue weighted by Gasteiger charge is -2.11. The Labute approximate surface area is 194 Å². The van der Waals surface area contributed by atoms with Crippen molar-refractivity contribution in [2.45, 2.75) is 38.8 Å². The SMILES string of the molecule is Cc1ccccc1NC(=O)Cn1c2ccccc2c2ncn(Cc3nc(C4CC4)no3)c(=O)c21. The molecule has 1 fully saturated rings. The highest BCUT2D eigenvalue weighted by Gasteiger charge is 2.29. The number of aryl methyl sites for hydroxylation is 1. The summed E-state index contributed by atoms with van der Waals surface area (Å²) in [7, 11) is 0. The Kier molecular flexibility index (Phi) is 4.75. The van der Waals surface area contributed by atoms with Crippen molar-refractivity contribution in [1.82, 2.24) is 24.3 Å². The number of benzene rings is 2. The van der Waals surface area contributed by atoms with Crippen LogP contribution in [-0.4, -0.2) is 30.2 Å². The van der Waals surface area contributed by atoms with Gasteiger partial charge in [-0.1, -0.05) is 41.6 Å². The summed E-state index contributed by atoms with van der Waals surface area (Å²) in [5, 5.41) is 7.79. The molecule has 5 aromatic rings. The zero-order valence-electron chi connectivity index (χ0n) is 18.6. The highest BCUT2D eigenvalue weighted by Crippen LogP contribution is 2.38. The summed E-state index contributed by atoms with van der Waals surface area (Å²) in [5.41, 5.74) is 3.14. The quantitative estimate of drug-likeness (QED) is 0.420. The number of hydrogen-bond donors (Lipinski definition) is 1. The van der Waals surface area contributed by atoms with Gasteiger partial charge in [0.1, 0.15) is 24.1 Å². The van der Waals surface area contributed by atoms with Gasteiger partial charge in [0, 0.05) is 17.0 Å². The van der Waals surface area contributed by atoms with E-state index in [1.165, 1.54) is 10.9 Å². The molecule has 9 heteroatoms. The van der Waals surface area contributed by atoms with Crippen LogP contribution in [0.15, 0.2) is 64.2 Å². The molecule has 0 aliphatic heterocycles. The summed E-state index contributed by atoms with van der Waals surface area (Å²) in [6.45, 7) is 2.04. The second-order valence-electron chi connectivity index (χ2n) is 8.66. The lowest BCUT2D eigenvalue weighted by Crippen LogP contribution is -2.25. The topological polar surface area (TPSA) is 108 Å². The van der Waals surface area contributed by atoms with Crippen molar-refractivity contribution >= 4 is 33.5 Å². The first-order valence-electron chi connectivity index (χ1n) is 11.2. The minimum atomic E-state index is -0.268. The maximum absolute atomic E-state index is 13.6. The first kappa shape index (κ1) is 20.3. The van der Waals surface area contributed by atoms with Crippen molar-refractivity contribution in [2.24, 2.45) is 0 Å². The van der Waals surface area contributed by atoms with Crippen LogP contribution in [0, 0.1) is 6.92 Å². The van der Waals surface area contributed by atoms with Gasteiger partial charge in [0.25, 0.3) is 5.56 Å². The number of para-hydroxylation sites is 2. The third-order valence-electron chi connectivity index (χ3n) is 6.19. The monoisotopic (exact) mass is 454 g/mol. The number of nitrogens with one attached hydrogen (secondary N) is 1. The number of aromatic nitrogens is 5. The van der Waals surface area contributed by atoms with Gasteiger partial charge in [0.05, 0.1) is 11.8 Å². The molecule has 9 nitrogen and oxygen atoms in total. The second-order valence-corrected chi connectivity index (χ2v) is 8.66. The van der Waals surface area contributed by atoms with E-state index < -0.39 is 0 Å². The fraction of sp³-hybridized carbons (Fsp3) is 0.240. The van der Waals surface area contributed by atoms with E-state index in [2.05, 4.69) is 20.4 Å². The molecule has 0 unspecified atom stereocenters. The molecule has 34 heavy (non-hydrogen) atoms. The van der Waals surface area contributed by atoms with Crippen molar-refractivity contribution < 1.29 is 9.32 Å². The van der Waals surface area contributed by atoms with Gasteiger partial charge in [-0.3, -0.25) is 14.2 Å². The predicted octanol–water partition coefficient (Wildman–Crippen LogP) is 3.61. The average molecular weight is 454 g/mol. The third-order valence-corrected chi connectivity index (χ3v) is 6.19. The van der Waals surface area contributed by atoms with Gasteiger partial charge in [-0.05, 0) is 37.5 Å². The van der Waals surface area contributed by atoms with E-state index in [0.717, 1.165) is 35.0 Å². The number of anilines is 1. The van der Waals surface area contributed by atoms with Crippen LogP contribution in [0.5, 0.6) is 0 Å². The van der Waals surface area contributed by atoms with Gasteiger partial charge in [-0.15, -0.1) is 0 Å². The van der Waals surface area contributed by atoms with Crippen LogP contribution < -0.4 is 10.9 Å². The van der Waals surface area contributed by atoms with Gasteiger partial charge in [-0.2, -0.15) is 4.98 Å². The molecule has 0 radical (unpaired) electrons. The molecular formula is C25H22N6O3. The minimum Gasteiger partial charge on any atom is -0.337 e. The summed E-state index contributed by atoms with van der Waals surface area (Å²) in [4.78, 5) is 35.5. The molecule has 1 aliphatic carbocycles. The van der Waals surface area contributed by atoms with Crippen molar-refractivity contribution in [3.63, 3.8) is 0 Å². The molecule has 170 valence electrons. The Bertz CT molecular complexity index is 1610. The Morgan fingerprint density at radius 1 is 1.15 bits per heavy atom. The number of fused-ring (bicyclic) bond motifs is 3. The molecule has 3 aromatic heterocycles. The first-order valence-corrected chi connectivity index (χ1v) is 11.2. The van der Waals surface area contributed by atoms with Gasteiger partial charge in [-0.25, -0.2) is 4.98 Å². The maximum Gasteiger partial charge on any atom is 0.278 e. The Morgan fingerprint density at radius 2 is 1.94 bits per heavy atom. The van der Waals surface area contributed by atoms with Crippen LogP contribution in [-0.2, 0) is 17.9 Å². The number of nitrogens with zero attached hydrogens (tertiary/aromatic N) is 5. The molecule has 1 aliphatic rings. The van der Waals surface area contributed by atoms with Crippen LogP contribution in [0.4, 0.5) is 5.69 Å². The fourth-order valence-electron chi connectivity index (χ4n) is 4.26. The Hall–Kier alpha value is -4.27. The van der Waals surface area contributed by atoms with Crippen LogP contribution >= 0.6 is 0 Å². The molecule has 1 amide bonds. The molecule has 3 heterocycles. The molecule has 0 atom stereocenters. The van der Waals surface area contributed by atoms with Gasteiger partial charge in [0.15, 0.2) is 5.82 Å². The molecule has 1 N–H and O–H groups in total. The molecule has 6 rings (SSSR count). The normalized spacial score (nSPS) is 13.6. The predicted molar refractivity (Wildman–Crippen MR) is 127 cm³/mol. The van der Waals surface area contributed by atoms with Crippen LogP contribution in [0.2, 0.25) is 0 Å². The van der Waals surface area contributed by atoms with E-state index >= 15 is 0 Å². The van der Waals surface area contributed by atoms with Crippen molar-refractivity contribution in [2.75, 3.05) is 5.32 Å². The first-order chi connectivity index (χ1) is 16.6. The molecule has 0 spiro atoms. The van der Waals surface area contributed by atoms with Crippen LogP contribution in [0.1, 0.15) is 36.0 Å². The molecule has 2 aromatic carbocycles. The second kappa shape index (κ2) is 7.95. The van der Waals surface area contributed by atoms with E-state index in [-0.39, 0.29) is 24.6 Å². The van der Waals surface area contributed by atoms with Crippen LogP contribution in [0.25, 0.3) is 21.9 Å². The zero-order chi connectivity index (χ0) is 23.2.